The summed E-state index contributed by atoms with van der Waals surface area (Å²) in [6, 6.07) is 6.96. The lowest BCUT2D eigenvalue weighted by Crippen LogP contribution is -2.28. The van der Waals surface area contributed by atoms with Gasteiger partial charge in [0, 0.05) is 18.7 Å². The molecule has 18 heavy (non-hydrogen) atoms. The van der Waals surface area contributed by atoms with Gasteiger partial charge < -0.3 is 14.9 Å². The van der Waals surface area contributed by atoms with Crippen molar-refractivity contribution in [2.45, 2.75) is 12.2 Å². The minimum absolute atomic E-state index is 0.0461. The molecule has 0 saturated carbocycles. The lowest BCUT2D eigenvalue weighted by atomic mass is 10.1. The molecule has 0 aromatic heterocycles. The average Bonchev–Trinajstić information content (AvgIpc) is 2.68. The van der Waals surface area contributed by atoms with Crippen LogP contribution in [0.4, 0.5) is 0 Å². The Bertz CT molecular complexity index is 425. The van der Waals surface area contributed by atoms with Gasteiger partial charge in [0.25, 0.3) is 0 Å². The highest BCUT2D eigenvalue weighted by Gasteiger charge is 2.30. The number of hydrogen-bond donors (Lipinski definition) is 2. The van der Waals surface area contributed by atoms with Crippen molar-refractivity contribution in [1.82, 2.24) is 4.90 Å². The van der Waals surface area contributed by atoms with E-state index in [1.54, 1.807) is 36.3 Å². The minimum Gasteiger partial charge on any atom is -0.497 e. The molecule has 1 fully saturated rings. The van der Waals surface area contributed by atoms with E-state index in [0.717, 1.165) is 0 Å². The molecule has 1 aliphatic heterocycles. The summed E-state index contributed by atoms with van der Waals surface area (Å²) >= 11 is 0. The minimum atomic E-state index is -0.761. The molecular weight excluding hydrogens is 234 g/mol. The van der Waals surface area contributed by atoms with Crippen molar-refractivity contribution in [3.63, 3.8) is 0 Å². The molecule has 0 spiro atoms. The molecule has 5 heteroatoms. The van der Waals surface area contributed by atoms with Gasteiger partial charge in [0.2, 0.25) is 0 Å². The first-order valence-electron chi connectivity index (χ1n) is 5.86. The topological polar surface area (TPSA) is 70.0 Å². The molecule has 2 rings (SSSR count). The summed E-state index contributed by atoms with van der Waals surface area (Å²) in [5.74, 6) is 0.595. The lowest BCUT2D eigenvalue weighted by Gasteiger charge is -2.13. The van der Waals surface area contributed by atoms with Crippen molar-refractivity contribution in [2.75, 3.05) is 26.7 Å². The molecule has 5 nitrogen and oxygen atoms in total. The van der Waals surface area contributed by atoms with E-state index in [1.165, 1.54) is 0 Å². The summed E-state index contributed by atoms with van der Waals surface area (Å²) < 4.78 is 5.06. The number of likely N-dealkylation sites (tertiary alicyclic amines) is 1. The third-order valence-electron chi connectivity index (χ3n) is 3.09. The molecule has 2 N–H and O–H groups in total. The molecule has 1 aromatic carbocycles. The quantitative estimate of drug-likeness (QED) is 0.732. The van der Waals surface area contributed by atoms with E-state index >= 15 is 0 Å². The molecule has 1 aromatic rings. The predicted molar refractivity (Wildman–Crippen MR) is 65.8 cm³/mol. The fraction of sp³-hybridized carbons (Fsp3) is 0.462. The molecule has 1 heterocycles. The Hall–Kier alpha value is -1.43. The van der Waals surface area contributed by atoms with E-state index in [0.29, 0.717) is 24.4 Å². The van der Waals surface area contributed by atoms with Crippen molar-refractivity contribution < 1.29 is 19.7 Å². The van der Waals surface area contributed by atoms with Crippen LogP contribution in [-0.4, -0.2) is 59.8 Å². The normalized spacial score (nSPS) is 24.2. The molecule has 0 aliphatic carbocycles. The number of rotatable bonds is 4. The number of aliphatic hydroxyl groups excluding tert-OH is 2. The lowest BCUT2D eigenvalue weighted by molar-refractivity contribution is 0.0572. The second-order valence-corrected chi connectivity index (χ2v) is 4.48. The number of β-amino-alcohol motifs (C(OH)–C–C–N with tert-alkyl or cyclic N) is 2. The number of hydrogen-bond acceptors (Lipinski definition) is 5. The summed E-state index contributed by atoms with van der Waals surface area (Å²) in [5.41, 5.74) is 0.574. The maximum atomic E-state index is 12.0. The molecule has 0 amide bonds. The number of ether oxygens (including phenoxy) is 1. The van der Waals surface area contributed by atoms with E-state index in [4.69, 9.17) is 4.74 Å². The summed E-state index contributed by atoms with van der Waals surface area (Å²) in [7, 11) is 1.55. The molecule has 1 aliphatic rings. The monoisotopic (exact) mass is 251 g/mol. The van der Waals surface area contributed by atoms with Crippen molar-refractivity contribution >= 4 is 5.78 Å². The number of benzene rings is 1. The number of aliphatic hydroxyl groups is 2. The van der Waals surface area contributed by atoms with Crippen LogP contribution in [0.15, 0.2) is 24.3 Å². The Balaban J connectivity index is 1.99. The van der Waals surface area contributed by atoms with Crippen LogP contribution in [0.5, 0.6) is 5.75 Å². The fourth-order valence-electron chi connectivity index (χ4n) is 2.07. The van der Waals surface area contributed by atoms with Gasteiger partial charge in [-0.05, 0) is 12.1 Å². The Morgan fingerprint density at radius 1 is 1.39 bits per heavy atom. The van der Waals surface area contributed by atoms with Gasteiger partial charge in [0.1, 0.15) is 5.75 Å². The Morgan fingerprint density at radius 3 is 2.67 bits per heavy atom. The van der Waals surface area contributed by atoms with Crippen LogP contribution in [0.1, 0.15) is 10.4 Å². The number of carbonyl (C=O) groups excluding carboxylic acids is 1. The zero-order chi connectivity index (χ0) is 13.1. The summed E-state index contributed by atoms with van der Waals surface area (Å²) in [6.45, 7) is 0.856. The predicted octanol–water partition coefficient (Wildman–Crippen LogP) is -0.0847. The number of methoxy groups -OCH3 is 1. The number of carbonyl (C=O) groups is 1. The van der Waals surface area contributed by atoms with Gasteiger partial charge in [0.05, 0.1) is 25.9 Å². The van der Waals surface area contributed by atoms with Gasteiger partial charge in [-0.1, -0.05) is 12.1 Å². The van der Waals surface area contributed by atoms with E-state index in [2.05, 4.69) is 0 Å². The van der Waals surface area contributed by atoms with Crippen molar-refractivity contribution in [3.05, 3.63) is 29.8 Å². The maximum Gasteiger partial charge on any atom is 0.176 e. The van der Waals surface area contributed by atoms with Crippen LogP contribution in [0, 0.1) is 0 Å². The number of nitrogens with zero attached hydrogens (tertiary/aromatic N) is 1. The van der Waals surface area contributed by atoms with Crippen molar-refractivity contribution in [1.29, 1.82) is 0 Å². The van der Waals surface area contributed by atoms with Gasteiger partial charge >= 0.3 is 0 Å². The zero-order valence-corrected chi connectivity index (χ0v) is 10.2. The van der Waals surface area contributed by atoms with Crippen molar-refractivity contribution in [2.24, 2.45) is 0 Å². The second-order valence-electron chi connectivity index (χ2n) is 4.48. The fourth-order valence-corrected chi connectivity index (χ4v) is 2.07. The Labute approximate surface area is 106 Å². The SMILES string of the molecule is COc1cccc(C(=O)CN2CC(O)C(O)C2)c1. The number of ketones is 1. The summed E-state index contributed by atoms with van der Waals surface area (Å²) in [5, 5.41) is 18.8. The molecular formula is C13H17NO4. The van der Waals surface area contributed by atoms with Gasteiger partial charge in [-0.25, -0.2) is 0 Å². The third-order valence-corrected chi connectivity index (χ3v) is 3.09. The molecule has 0 radical (unpaired) electrons. The van der Waals surface area contributed by atoms with E-state index in [9.17, 15) is 15.0 Å². The van der Waals surface area contributed by atoms with Gasteiger partial charge in [-0.15, -0.1) is 0 Å². The highest BCUT2D eigenvalue weighted by Crippen LogP contribution is 2.15. The first kappa shape index (κ1) is 13.0. The zero-order valence-electron chi connectivity index (χ0n) is 10.2. The Morgan fingerprint density at radius 2 is 2.06 bits per heavy atom. The second kappa shape index (κ2) is 5.48. The van der Waals surface area contributed by atoms with Crippen LogP contribution < -0.4 is 4.74 Å². The van der Waals surface area contributed by atoms with Crippen LogP contribution in [-0.2, 0) is 0 Å². The van der Waals surface area contributed by atoms with Crippen molar-refractivity contribution in [3.8, 4) is 5.75 Å². The largest absolute Gasteiger partial charge is 0.497 e. The van der Waals surface area contributed by atoms with E-state index in [-0.39, 0.29) is 12.3 Å². The number of Topliss-reactive ketones (excluding diaryl/α,β-unsaturated/α-hetero) is 1. The highest BCUT2D eigenvalue weighted by molar-refractivity contribution is 5.97. The maximum absolute atomic E-state index is 12.0. The molecule has 0 bridgehead atoms. The van der Waals surface area contributed by atoms with Gasteiger partial charge in [0.15, 0.2) is 5.78 Å². The third kappa shape index (κ3) is 2.87. The smallest absolute Gasteiger partial charge is 0.176 e. The molecule has 2 atom stereocenters. The Kier molecular flexibility index (Phi) is 3.96. The van der Waals surface area contributed by atoms with Crippen LogP contribution in [0.25, 0.3) is 0 Å². The molecule has 1 saturated heterocycles. The highest BCUT2D eigenvalue weighted by atomic mass is 16.5. The first-order valence-corrected chi connectivity index (χ1v) is 5.86. The summed E-state index contributed by atoms with van der Waals surface area (Å²) in [4.78, 5) is 13.8. The van der Waals surface area contributed by atoms with Crippen LogP contribution >= 0.6 is 0 Å². The van der Waals surface area contributed by atoms with Gasteiger partial charge in [-0.3, -0.25) is 9.69 Å². The standard InChI is InChI=1S/C13H17NO4/c1-18-10-4-2-3-9(5-10)11(15)6-14-7-12(16)13(17)8-14/h2-5,12-13,16-17H,6-8H2,1H3. The summed E-state index contributed by atoms with van der Waals surface area (Å²) in [6.07, 6.45) is -1.52. The van der Waals surface area contributed by atoms with Crippen LogP contribution in [0.2, 0.25) is 0 Å². The van der Waals surface area contributed by atoms with Crippen LogP contribution in [0.3, 0.4) is 0 Å². The molecule has 98 valence electrons. The average molecular weight is 251 g/mol. The first-order chi connectivity index (χ1) is 8.60. The van der Waals surface area contributed by atoms with E-state index in [1.807, 2.05) is 0 Å². The van der Waals surface area contributed by atoms with Gasteiger partial charge in [-0.2, -0.15) is 0 Å². The molecule has 2 unspecified atom stereocenters. The van der Waals surface area contributed by atoms with E-state index < -0.39 is 12.2 Å².